The van der Waals surface area contributed by atoms with E-state index in [1.54, 1.807) is 30.3 Å². The molecule has 0 aliphatic heterocycles. The minimum Gasteiger partial charge on any atom is -0.505 e. The number of nitrogens with one attached hydrogen (secondary N) is 1. The van der Waals surface area contributed by atoms with Gasteiger partial charge < -0.3 is 19.9 Å². The Kier molecular flexibility index (Phi) is 6.59. The van der Waals surface area contributed by atoms with Crippen molar-refractivity contribution in [2.45, 2.75) is 11.8 Å². The summed E-state index contributed by atoms with van der Waals surface area (Å²) in [5.74, 6) is 0.455. The summed E-state index contributed by atoms with van der Waals surface area (Å²) in [6.07, 6.45) is 0. The highest BCUT2D eigenvalue weighted by Gasteiger charge is 2.22. The molecular formula is C25H23N3O6S. The van der Waals surface area contributed by atoms with Crippen molar-refractivity contribution in [1.29, 1.82) is 0 Å². The van der Waals surface area contributed by atoms with Gasteiger partial charge in [-0.15, -0.1) is 10.2 Å². The van der Waals surface area contributed by atoms with Crippen LogP contribution in [0, 0.1) is 6.92 Å². The fourth-order valence-electron chi connectivity index (χ4n) is 3.63. The number of ether oxygens (including phenoxy) is 2. The first-order valence-electron chi connectivity index (χ1n) is 10.4. The number of methoxy groups -OCH3 is 2. The Morgan fingerprint density at radius 1 is 0.857 bits per heavy atom. The summed E-state index contributed by atoms with van der Waals surface area (Å²) in [5.41, 5.74) is 2.15. The number of rotatable bonds is 7. The molecule has 0 atom stereocenters. The van der Waals surface area contributed by atoms with Gasteiger partial charge >= 0.3 is 0 Å². The molecule has 0 heterocycles. The highest BCUT2D eigenvalue weighted by Crippen LogP contribution is 2.43. The number of anilines is 2. The highest BCUT2D eigenvalue weighted by molar-refractivity contribution is 7.86. The molecule has 35 heavy (non-hydrogen) atoms. The van der Waals surface area contributed by atoms with Crippen LogP contribution in [0.4, 0.5) is 22.7 Å². The summed E-state index contributed by atoms with van der Waals surface area (Å²) < 4.78 is 44.9. The van der Waals surface area contributed by atoms with Gasteiger partial charge in [-0.05, 0) is 60.3 Å². The summed E-state index contributed by atoms with van der Waals surface area (Å²) >= 11 is 0. The predicted octanol–water partition coefficient (Wildman–Crippen LogP) is 6.28. The Bertz CT molecular complexity index is 1540. The van der Waals surface area contributed by atoms with E-state index in [9.17, 15) is 18.1 Å². The van der Waals surface area contributed by atoms with Crippen LogP contribution >= 0.6 is 0 Å². The van der Waals surface area contributed by atoms with E-state index in [2.05, 4.69) is 15.5 Å². The topological polar surface area (TPSA) is 130 Å². The van der Waals surface area contributed by atoms with E-state index < -0.39 is 26.5 Å². The fraction of sp³-hybridized carbons (Fsp3) is 0.120. The molecule has 4 aromatic rings. The molecule has 0 unspecified atom stereocenters. The monoisotopic (exact) mass is 493 g/mol. The lowest BCUT2D eigenvalue weighted by molar-refractivity contribution is 0.401. The van der Waals surface area contributed by atoms with Crippen LogP contribution in [0.2, 0.25) is 0 Å². The third-order valence-electron chi connectivity index (χ3n) is 5.35. The van der Waals surface area contributed by atoms with Crippen molar-refractivity contribution in [2.75, 3.05) is 19.5 Å². The third-order valence-corrected chi connectivity index (χ3v) is 6.21. The van der Waals surface area contributed by atoms with Crippen molar-refractivity contribution >= 4 is 43.6 Å². The average molecular weight is 494 g/mol. The molecule has 0 aliphatic carbocycles. The number of azo groups is 1. The molecule has 3 N–H and O–H groups in total. The zero-order chi connectivity index (χ0) is 25.2. The second kappa shape index (κ2) is 9.61. The van der Waals surface area contributed by atoms with Gasteiger partial charge in [-0.3, -0.25) is 4.55 Å². The molecule has 0 amide bonds. The van der Waals surface area contributed by atoms with Gasteiger partial charge in [-0.1, -0.05) is 18.2 Å². The highest BCUT2D eigenvalue weighted by atomic mass is 32.2. The van der Waals surface area contributed by atoms with E-state index in [0.717, 1.165) is 11.3 Å². The molecule has 0 bridgehead atoms. The number of phenols is 1. The second-order valence-corrected chi connectivity index (χ2v) is 9.06. The molecular weight excluding hydrogens is 470 g/mol. The Labute approximate surface area is 202 Å². The number of benzene rings is 4. The van der Waals surface area contributed by atoms with Gasteiger partial charge in [0.15, 0.2) is 5.75 Å². The minimum absolute atomic E-state index is 0.248. The van der Waals surface area contributed by atoms with Gasteiger partial charge in [0, 0.05) is 22.8 Å². The number of hydrogen-bond donors (Lipinski definition) is 3. The predicted molar refractivity (Wildman–Crippen MR) is 134 cm³/mol. The maximum Gasteiger partial charge on any atom is 0.296 e. The van der Waals surface area contributed by atoms with Gasteiger partial charge in [0.1, 0.15) is 27.8 Å². The van der Waals surface area contributed by atoms with E-state index in [0.29, 0.717) is 28.0 Å². The molecule has 0 spiro atoms. The molecule has 0 fully saturated rings. The van der Waals surface area contributed by atoms with Gasteiger partial charge in [-0.2, -0.15) is 8.42 Å². The number of nitrogens with zero attached hydrogens (tertiary/aromatic N) is 2. The molecule has 0 saturated heterocycles. The van der Waals surface area contributed by atoms with Crippen LogP contribution in [0.15, 0.2) is 81.9 Å². The number of phenolic OH excluding ortho intramolecular Hbond substituents is 1. The molecule has 4 rings (SSSR count). The zero-order valence-corrected chi connectivity index (χ0v) is 20.0. The van der Waals surface area contributed by atoms with E-state index in [4.69, 9.17) is 9.47 Å². The smallest absolute Gasteiger partial charge is 0.296 e. The van der Waals surface area contributed by atoms with Gasteiger partial charge in [0.2, 0.25) is 0 Å². The standard InChI is InChI=1S/C25H23N3O6S/c1-15-11-22(34-3)20(14-21(15)33-2)27-28-24-23(35(30,31)32)13-16-12-18(9-10-19(16)25(24)29)26-17-7-5-4-6-8-17/h4-14,26,29H,1-3H3,(H,30,31,32). The van der Waals surface area contributed by atoms with E-state index in [-0.39, 0.29) is 5.69 Å². The van der Waals surface area contributed by atoms with Crippen LogP contribution in [0.3, 0.4) is 0 Å². The zero-order valence-electron chi connectivity index (χ0n) is 19.2. The van der Waals surface area contributed by atoms with Crippen LogP contribution in [-0.4, -0.2) is 32.3 Å². The van der Waals surface area contributed by atoms with Gasteiger partial charge in [0.05, 0.1) is 14.2 Å². The van der Waals surface area contributed by atoms with Gasteiger partial charge in [0.25, 0.3) is 10.1 Å². The summed E-state index contributed by atoms with van der Waals surface area (Å²) in [7, 11) is -1.79. The van der Waals surface area contributed by atoms with Gasteiger partial charge in [-0.25, -0.2) is 0 Å². The van der Waals surface area contributed by atoms with Crippen LogP contribution in [0.5, 0.6) is 17.2 Å². The lowest BCUT2D eigenvalue weighted by Crippen LogP contribution is -1.99. The maximum absolute atomic E-state index is 12.2. The third kappa shape index (κ3) is 5.03. The Balaban J connectivity index is 1.83. The maximum atomic E-state index is 12.2. The number of para-hydroxylation sites is 1. The van der Waals surface area contributed by atoms with Crippen LogP contribution in [-0.2, 0) is 10.1 Å². The van der Waals surface area contributed by atoms with Crippen LogP contribution in [0.1, 0.15) is 5.56 Å². The summed E-state index contributed by atoms with van der Waals surface area (Å²) in [6.45, 7) is 1.83. The largest absolute Gasteiger partial charge is 0.505 e. The van der Waals surface area contributed by atoms with E-state index in [1.165, 1.54) is 20.3 Å². The van der Waals surface area contributed by atoms with E-state index >= 15 is 0 Å². The van der Waals surface area contributed by atoms with Crippen molar-refractivity contribution in [3.05, 3.63) is 72.3 Å². The number of aryl methyl sites for hydroxylation is 1. The number of aromatic hydroxyl groups is 1. The quantitative estimate of drug-likeness (QED) is 0.204. The lowest BCUT2D eigenvalue weighted by atomic mass is 10.1. The Morgan fingerprint density at radius 3 is 2.23 bits per heavy atom. The van der Waals surface area contributed by atoms with Crippen molar-refractivity contribution < 1.29 is 27.6 Å². The Hall–Kier alpha value is -4.15. The molecule has 10 heteroatoms. The number of fused-ring (bicyclic) bond motifs is 1. The van der Waals surface area contributed by atoms with Crippen molar-refractivity contribution in [3.8, 4) is 17.2 Å². The molecule has 0 aromatic heterocycles. The van der Waals surface area contributed by atoms with Crippen molar-refractivity contribution in [1.82, 2.24) is 0 Å². The van der Waals surface area contributed by atoms with Crippen molar-refractivity contribution in [3.63, 3.8) is 0 Å². The molecule has 9 nitrogen and oxygen atoms in total. The molecule has 0 aliphatic rings. The SMILES string of the molecule is COc1cc(N=Nc2c(S(=O)(=O)O)cc3cc(Nc4ccccc4)ccc3c2O)c(OC)cc1C. The average Bonchev–Trinajstić information content (AvgIpc) is 2.83. The first-order chi connectivity index (χ1) is 16.7. The lowest BCUT2D eigenvalue weighted by Gasteiger charge is -2.12. The fourth-order valence-corrected chi connectivity index (χ4v) is 4.28. The molecule has 0 saturated carbocycles. The summed E-state index contributed by atoms with van der Waals surface area (Å²) in [6, 6.07) is 18.9. The molecule has 180 valence electrons. The normalized spacial score (nSPS) is 11.7. The first-order valence-corrected chi connectivity index (χ1v) is 11.9. The van der Waals surface area contributed by atoms with Crippen LogP contribution < -0.4 is 14.8 Å². The first kappa shape index (κ1) is 24.0. The summed E-state index contributed by atoms with van der Waals surface area (Å²) in [4.78, 5) is -0.582. The summed E-state index contributed by atoms with van der Waals surface area (Å²) in [5, 5.41) is 22.9. The van der Waals surface area contributed by atoms with Crippen LogP contribution in [0.25, 0.3) is 10.8 Å². The second-order valence-electron chi connectivity index (χ2n) is 7.67. The Morgan fingerprint density at radius 2 is 1.57 bits per heavy atom. The molecule has 4 aromatic carbocycles. The molecule has 0 radical (unpaired) electrons. The van der Waals surface area contributed by atoms with E-state index in [1.807, 2.05) is 37.3 Å². The minimum atomic E-state index is -4.75. The number of hydrogen-bond acceptors (Lipinski definition) is 8. The van der Waals surface area contributed by atoms with Crippen molar-refractivity contribution in [2.24, 2.45) is 10.2 Å².